The van der Waals surface area contributed by atoms with Crippen molar-refractivity contribution in [1.29, 1.82) is 0 Å². The number of nitrogens with zero attached hydrogens (tertiary/aromatic N) is 2. The monoisotopic (exact) mass is 570 g/mol. The summed E-state index contributed by atoms with van der Waals surface area (Å²) in [6.07, 6.45) is 1.93. The second-order valence-electron chi connectivity index (χ2n) is 9.62. The Balaban J connectivity index is 1.20. The van der Waals surface area contributed by atoms with E-state index in [4.69, 9.17) is 42.6 Å². The lowest BCUT2D eigenvalue weighted by Crippen LogP contribution is -2.08. The number of hydrogen-bond donors (Lipinski definition) is 2. The van der Waals surface area contributed by atoms with Crippen molar-refractivity contribution in [3.8, 4) is 11.5 Å². The van der Waals surface area contributed by atoms with Crippen molar-refractivity contribution in [3.05, 3.63) is 82.8 Å². The van der Waals surface area contributed by atoms with Gasteiger partial charge >= 0.3 is 0 Å². The number of nitrogens with one attached hydrogen (secondary N) is 2. The first-order valence-corrected chi connectivity index (χ1v) is 13.9. The van der Waals surface area contributed by atoms with Crippen molar-refractivity contribution >= 4 is 78.2 Å². The Kier molecular flexibility index (Phi) is 7.37. The van der Waals surface area contributed by atoms with Crippen LogP contribution < -0.4 is 20.1 Å². The standard InChI is InChI=1S/C32H28Cl2N4O2/c1-39-21-7-9-23-29(17-21)37-27-11-5-19(33)15-25(27)31(23)35-13-3-4-14-36-32-24-10-8-22(40-2)18-30(24)38-28-12-6-20(34)16-26(28)32/h5-12,15-18H,3-4,13-14H2,1-2H3,(H,35,37)(H,36,38). The van der Waals surface area contributed by atoms with Crippen LogP contribution in [-0.4, -0.2) is 37.3 Å². The van der Waals surface area contributed by atoms with Gasteiger partial charge in [0.05, 0.1) is 47.7 Å². The van der Waals surface area contributed by atoms with Crippen LogP contribution in [0.2, 0.25) is 10.0 Å². The Morgan fingerprint density at radius 2 is 1.00 bits per heavy atom. The highest BCUT2D eigenvalue weighted by atomic mass is 35.5. The molecule has 0 unspecified atom stereocenters. The molecule has 0 radical (unpaired) electrons. The average Bonchev–Trinajstić information content (AvgIpc) is 2.97. The first-order chi connectivity index (χ1) is 19.5. The summed E-state index contributed by atoms with van der Waals surface area (Å²) < 4.78 is 10.8. The maximum atomic E-state index is 6.36. The molecule has 0 atom stereocenters. The Labute approximate surface area is 242 Å². The zero-order valence-electron chi connectivity index (χ0n) is 22.2. The van der Waals surface area contributed by atoms with Crippen LogP contribution in [0.5, 0.6) is 11.5 Å². The van der Waals surface area contributed by atoms with E-state index in [9.17, 15) is 0 Å². The predicted molar refractivity (Wildman–Crippen MR) is 168 cm³/mol. The molecule has 2 heterocycles. The molecule has 2 aromatic heterocycles. The number of hydrogen-bond acceptors (Lipinski definition) is 6. The van der Waals surface area contributed by atoms with Gasteiger partial charge in [-0.1, -0.05) is 23.2 Å². The summed E-state index contributed by atoms with van der Waals surface area (Å²) in [7, 11) is 3.33. The summed E-state index contributed by atoms with van der Waals surface area (Å²) >= 11 is 12.7. The second kappa shape index (κ2) is 11.2. The molecule has 40 heavy (non-hydrogen) atoms. The van der Waals surface area contributed by atoms with Gasteiger partial charge in [-0.25, -0.2) is 9.97 Å². The summed E-state index contributed by atoms with van der Waals surface area (Å²) in [5.74, 6) is 1.56. The number of halogens is 2. The number of rotatable bonds is 9. The molecule has 0 amide bonds. The van der Waals surface area contributed by atoms with Crippen LogP contribution in [0.25, 0.3) is 43.6 Å². The fourth-order valence-corrected chi connectivity index (χ4v) is 5.45. The van der Waals surface area contributed by atoms with Crippen molar-refractivity contribution in [2.45, 2.75) is 12.8 Å². The van der Waals surface area contributed by atoms with E-state index < -0.39 is 0 Å². The molecule has 0 fully saturated rings. The molecular formula is C32H28Cl2N4O2. The molecule has 2 N–H and O–H groups in total. The fraction of sp³-hybridized carbons (Fsp3) is 0.188. The lowest BCUT2D eigenvalue weighted by Gasteiger charge is -2.16. The van der Waals surface area contributed by atoms with Crippen molar-refractivity contribution in [2.75, 3.05) is 37.9 Å². The SMILES string of the molecule is COc1ccc2c(NCCCCNc3c4ccc(OC)cc4nc4ccc(Cl)cc34)c3cc(Cl)ccc3nc2c1. The van der Waals surface area contributed by atoms with Gasteiger partial charge < -0.3 is 20.1 Å². The third kappa shape index (κ3) is 5.12. The van der Waals surface area contributed by atoms with Crippen LogP contribution in [0.1, 0.15) is 12.8 Å². The summed E-state index contributed by atoms with van der Waals surface area (Å²) in [5.41, 5.74) is 5.61. The van der Waals surface area contributed by atoms with Crippen LogP contribution in [0, 0.1) is 0 Å². The summed E-state index contributed by atoms with van der Waals surface area (Å²) in [6, 6.07) is 23.5. The highest BCUT2D eigenvalue weighted by Crippen LogP contribution is 2.35. The van der Waals surface area contributed by atoms with E-state index in [1.807, 2.05) is 72.8 Å². The summed E-state index contributed by atoms with van der Waals surface area (Å²) in [6.45, 7) is 1.60. The summed E-state index contributed by atoms with van der Waals surface area (Å²) in [5, 5.41) is 12.8. The van der Waals surface area contributed by atoms with E-state index >= 15 is 0 Å². The fourth-order valence-electron chi connectivity index (χ4n) is 5.10. The molecule has 4 aromatic carbocycles. The Morgan fingerprint density at radius 3 is 1.43 bits per heavy atom. The third-order valence-corrected chi connectivity index (χ3v) is 7.56. The van der Waals surface area contributed by atoms with E-state index in [0.29, 0.717) is 10.0 Å². The molecule has 202 valence electrons. The van der Waals surface area contributed by atoms with Gasteiger partial charge in [0, 0.05) is 56.8 Å². The molecule has 0 saturated carbocycles. The van der Waals surface area contributed by atoms with Gasteiger partial charge in [0.15, 0.2) is 0 Å². The van der Waals surface area contributed by atoms with Crippen LogP contribution in [0.4, 0.5) is 11.4 Å². The minimum absolute atomic E-state index is 0.684. The van der Waals surface area contributed by atoms with Gasteiger partial charge in [-0.15, -0.1) is 0 Å². The van der Waals surface area contributed by atoms with Gasteiger partial charge in [-0.2, -0.15) is 0 Å². The normalized spacial score (nSPS) is 11.4. The topological polar surface area (TPSA) is 68.3 Å². The van der Waals surface area contributed by atoms with E-state index in [-0.39, 0.29) is 0 Å². The highest BCUT2D eigenvalue weighted by Gasteiger charge is 2.12. The largest absolute Gasteiger partial charge is 0.497 e. The van der Waals surface area contributed by atoms with E-state index in [1.165, 1.54) is 0 Å². The van der Waals surface area contributed by atoms with Crippen molar-refractivity contribution in [1.82, 2.24) is 9.97 Å². The van der Waals surface area contributed by atoms with Gasteiger partial charge in [-0.05, 0) is 73.5 Å². The van der Waals surface area contributed by atoms with Crippen LogP contribution in [-0.2, 0) is 0 Å². The minimum Gasteiger partial charge on any atom is -0.497 e. The number of ether oxygens (including phenoxy) is 2. The molecule has 6 aromatic rings. The summed E-state index contributed by atoms with van der Waals surface area (Å²) in [4.78, 5) is 9.67. The molecule has 0 spiro atoms. The highest BCUT2D eigenvalue weighted by molar-refractivity contribution is 6.32. The van der Waals surface area contributed by atoms with Crippen molar-refractivity contribution in [3.63, 3.8) is 0 Å². The predicted octanol–water partition coefficient (Wildman–Crippen LogP) is 8.72. The molecule has 0 aliphatic carbocycles. The Hall–Kier alpha value is -4.00. The molecule has 0 aliphatic heterocycles. The first kappa shape index (κ1) is 26.2. The molecule has 6 nitrogen and oxygen atoms in total. The maximum absolute atomic E-state index is 6.36. The Morgan fingerprint density at radius 1 is 0.550 bits per heavy atom. The zero-order valence-corrected chi connectivity index (χ0v) is 23.7. The average molecular weight is 572 g/mol. The lowest BCUT2D eigenvalue weighted by atomic mass is 10.1. The molecule has 8 heteroatoms. The lowest BCUT2D eigenvalue weighted by molar-refractivity contribution is 0.415. The molecule has 0 bridgehead atoms. The number of pyridine rings is 2. The number of unbranched alkanes of at least 4 members (excludes halogenated alkanes) is 1. The molecule has 0 aliphatic rings. The number of benzene rings is 4. The van der Waals surface area contributed by atoms with E-state index in [1.54, 1.807) is 14.2 Å². The molecule has 0 saturated heterocycles. The van der Waals surface area contributed by atoms with Gasteiger partial charge in [0.2, 0.25) is 0 Å². The van der Waals surface area contributed by atoms with Gasteiger partial charge in [0.1, 0.15) is 11.5 Å². The van der Waals surface area contributed by atoms with Crippen molar-refractivity contribution in [2.24, 2.45) is 0 Å². The first-order valence-electron chi connectivity index (χ1n) is 13.2. The quantitative estimate of drug-likeness (QED) is 0.134. The number of methoxy groups -OCH3 is 2. The van der Waals surface area contributed by atoms with Gasteiger partial charge in [0.25, 0.3) is 0 Å². The second-order valence-corrected chi connectivity index (χ2v) is 10.5. The van der Waals surface area contributed by atoms with Crippen molar-refractivity contribution < 1.29 is 9.47 Å². The van der Waals surface area contributed by atoms with E-state index in [2.05, 4.69) is 10.6 Å². The third-order valence-electron chi connectivity index (χ3n) is 7.09. The smallest absolute Gasteiger partial charge is 0.121 e. The zero-order chi connectivity index (χ0) is 27.6. The van der Waals surface area contributed by atoms with Crippen LogP contribution in [0.3, 0.4) is 0 Å². The molecule has 6 rings (SSSR count). The van der Waals surface area contributed by atoms with Gasteiger partial charge in [-0.3, -0.25) is 0 Å². The minimum atomic E-state index is 0.684. The number of aromatic nitrogens is 2. The van der Waals surface area contributed by atoms with Crippen LogP contribution >= 0.6 is 23.2 Å². The van der Waals surface area contributed by atoms with Crippen LogP contribution in [0.15, 0.2) is 72.8 Å². The molecular weight excluding hydrogens is 543 g/mol. The number of anilines is 2. The number of fused-ring (bicyclic) bond motifs is 4. The Bertz CT molecular complexity index is 1740. The van der Waals surface area contributed by atoms with E-state index in [0.717, 1.165) is 92.4 Å². The maximum Gasteiger partial charge on any atom is 0.121 e.